The van der Waals surface area contributed by atoms with Crippen molar-refractivity contribution in [2.24, 2.45) is 0 Å². The Hall–Kier alpha value is -2.22. The highest BCUT2D eigenvalue weighted by Crippen LogP contribution is 2.26. The lowest BCUT2D eigenvalue weighted by atomic mass is 10.2. The maximum atomic E-state index is 13.6. The van der Waals surface area contributed by atoms with E-state index in [0.29, 0.717) is 17.7 Å². The summed E-state index contributed by atoms with van der Waals surface area (Å²) in [6.07, 6.45) is 0. The molecule has 2 rings (SSSR count). The van der Waals surface area contributed by atoms with Gasteiger partial charge in [-0.2, -0.15) is 0 Å². The van der Waals surface area contributed by atoms with E-state index in [0.717, 1.165) is 6.07 Å². The number of aryl methyl sites for hydroxylation is 1. The van der Waals surface area contributed by atoms with Crippen LogP contribution in [0.5, 0.6) is 0 Å². The summed E-state index contributed by atoms with van der Waals surface area (Å²) in [5.74, 6) is -3.20. The molecule has 0 saturated carbocycles. The number of nitrogens with one attached hydrogen (secondary N) is 1. The van der Waals surface area contributed by atoms with Crippen molar-refractivity contribution in [1.82, 2.24) is 0 Å². The summed E-state index contributed by atoms with van der Waals surface area (Å²) in [4.78, 5) is -0.857. The highest BCUT2D eigenvalue weighted by molar-refractivity contribution is 7.92. The first-order valence-electron chi connectivity index (χ1n) is 5.75. The minimum absolute atomic E-state index is 0.306. The Kier molecular flexibility index (Phi) is 3.82. The van der Waals surface area contributed by atoms with Gasteiger partial charge in [-0.25, -0.2) is 21.6 Å². The van der Waals surface area contributed by atoms with Crippen LogP contribution in [0.2, 0.25) is 0 Å². The summed E-state index contributed by atoms with van der Waals surface area (Å²) in [7, 11) is -4.44. The molecule has 21 heavy (non-hydrogen) atoms. The Morgan fingerprint density at radius 3 is 2.33 bits per heavy atom. The van der Waals surface area contributed by atoms with Crippen LogP contribution in [0.1, 0.15) is 5.56 Å². The van der Waals surface area contributed by atoms with Gasteiger partial charge in [-0.15, -0.1) is 0 Å². The van der Waals surface area contributed by atoms with Crippen LogP contribution in [-0.4, -0.2) is 8.42 Å². The van der Waals surface area contributed by atoms with Crippen molar-refractivity contribution in [3.05, 3.63) is 53.3 Å². The molecule has 0 aliphatic rings. The molecule has 0 spiro atoms. The van der Waals surface area contributed by atoms with Gasteiger partial charge in [0, 0.05) is 6.07 Å². The minimum atomic E-state index is -4.44. The van der Waals surface area contributed by atoms with Gasteiger partial charge in [-0.3, -0.25) is 4.72 Å². The van der Waals surface area contributed by atoms with E-state index in [-0.39, 0.29) is 5.69 Å². The van der Waals surface area contributed by atoms with Crippen molar-refractivity contribution in [3.63, 3.8) is 0 Å². The molecule has 2 aromatic carbocycles. The molecule has 0 aliphatic heterocycles. The first kappa shape index (κ1) is 15.2. The van der Waals surface area contributed by atoms with Gasteiger partial charge in [0.1, 0.15) is 22.3 Å². The monoisotopic (exact) mass is 316 g/mol. The van der Waals surface area contributed by atoms with E-state index < -0.39 is 38.1 Å². The fourth-order valence-electron chi connectivity index (χ4n) is 1.70. The summed E-state index contributed by atoms with van der Waals surface area (Å²) < 4.78 is 66.4. The van der Waals surface area contributed by atoms with Crippen LogP contribution in [0, 0.1) is 24.4 Å². The van der Waals surface area contributed by atoms with Crippen molar-refractivity contribution in [2.45, 2.75) is 11.8 Å². The fraction of sp³-hybridized carbons (Fsp3) is 0.0769. The number of halogens is 3. The molecule has 112 valence electrons. The van der Waals surface area contributed by atoms with Gasteiger partial charge in [0.15, 0.2) is 0 Å². The standard InChI is InChI=1S/C13H11F3N2O2S/c1-7-3-2-4-8(14)13(7)18-21(19,20)12-6-11(17)9(15)5-10(12)16/h2-6,18H,17H2,1H3. The van der Waals surface area contributed by atoms with Crippen LogP contribution in [0.25, 0.3) is 0 Å². The van der Waals surface area contributed by atoms with Gasteiger partial charge in [0.25, 0.3) is 10.0 Å². The van der Waals surface area contributed by atoms with Gasteiger partial charge in [-0.1, -0.05) is 12.1 Å². The zero-order valence-corrected chi connectivity index (χ0v) is 11.6. The SMILES string of the molecule is Cc1cccc(F)c1NS(=O)(=O)c1cc(N)c(F)cc1F. The average molecular weight is 316 g/mol. The van der Waals surface area contributed by atoms with Crippen LogP contribution in [0.4, 0.5) is 24.5 Å². The van der Waals surface area contributed by atoms with Crippen molar-refractivity contribution >= 4 is 21.4 Å². The summed E-state index contributed by atoms with van der Waals surface area (Å²) >= 11 is 0. The third kappa shape index (κ3) is 2.94. The molecule has 0 atom stereocenters. The molecule has 0 aliphatic carbocycles. The zero-order valence-electron chi connectivity index (χ0n) is 10.8. The van der Waals surface area contributed by atoms with Gasteiger partial charge < -0.3 is 5.73 Å². The van der Waals surface area contributed by atoms with Crippen LogP contribution in [0.3, 0.4) is 0 Å². The molecule has 0 bridgehead atoms. The van der Waals surface area contributed by atoms with Crippen LogP contribution in [0.15, 0.2) is 35.2 Å². The second-order valence-electron chi connectivity index (χ2n) is 4.34. The van der Waals surface area contributed by atoms with Gasteiger partial charge in [0.05, 0.1) is 11.4 Å². The average Bonchev–Trinajstić information content (AvgIpc) is 2.38. The van der Waals surface area contributed by atoms with Crippen molar-refractivity contribution in [3.8, 4) is 0 Å². The highest BCUT2D eigenvalue weighted by atomic mass is 32.2. The third-order valence-electron chi connectivity index (χ3n) is 2.80. The third-order valence-corrected chi connectivity index (χ3v) is 4.16. The number of benzene rings is 2. The summed E-state index contributed by atoms with van der Waals surface area (Å²) in [5, 5.41) is 0. The second kappa shape index (κ2) is 5.28. The normalized spacial score (nSPS) is 11.4. The van der Waals surface area contributed by atoms with E-state index >= 15 is 0 Å². The number of anilines is 2. The molecule has 0 radical (unpaired) electrons. The maximum Gasteiger partial charge on any atom is 0.265 e. The van der Waals surface area contributed by atoms with E-state index in [1.54, 1.807) is 0 Å². The number of nitrogens with two attached hydrogens (primary N) is 1. The van der Waals surface area contributed by atoms with E-state index in [9.17, 15) is 21.6 Å². The smallest absolute Gasteiger partial charge is 0.265 e. The Balaban J connectivity index is 2.51. The summed E-state index contributed by atoms with van der Waals surface area (Å²) in [6.45, 7) is 1.48. The number of para-hydroxylation sites is 1. The molecule has 4 nitrogen and oxygen atoms in total. The fourth-order valence-corrected chi connectivity index (χ4v) is 2.94. The van der Waals surface area contributed by atoms with Gasteiger partial charge >= 0.3 is 0 Å². The van der Waals surface area contributed by atoms with Crippen molar-refractivity contribution < 1.29 is 21.6 Å². The molecule has 0 unspecified atom stereocenters. The molecule has 8 heteroatoms. The van der Waals surface area contributed by atoms with E-state index in [1.165, 1.54) is 19.1 Å². The van der Waals surface area contributed by atoms with Crippen LogP contribution >= 0.6 is 0 Å². The number of sulfonamides is 1. The number of hydrogen-bond acceptors (Lipinski definition) is 3. The topological polar surface area (TPSA) is 72.2 Å². The molecule has 0 amide bonds. The maximum absolute atomic E-state index is 13.6. The quantitative estimate of drug-likeness (QED) is 0.855. The molecule has 0 fully saturated rings. The Morgan fingerprint density at radius 1 is 1.05 bits per heavy atom. The lowest BCUT2D eigenvalue weighted by molar-refractivity contribution is 0.552. The zero-order chi connectivity index (χ0) is 15.8. The van der Waals surface area contributed by atoms with E-state index in [1.807, 2.05) is 4.72 Å². The Morgan fingerprint density at radius 2 is 1.71 bits per heavy atom. The number of rotatable bonds is 3. The summed E-state index contributed by atoms with van der Waals surface area (Å²) in [6, 6.07) is 4.94. The Bertz CT molecular complexity index is 787. The highest BCUT2D eigenvalue weighted by Gasteiger charge is 2.23. The predicted octanol–water partition coefficient (Wildman–Crippen LogP) is 2.80. The Labute approximate surface area is 119 Å². The summed E-state index contributed by atoms with van der Waals surface area (Å²) in [5.41, 5.74) is 4.71. The molecule has 0 heterocycles. The van der Waals surface area contributed by atoms with Crippen LogP contribution in [-0.2, 0) is 10.0 Å². The molecular weight excluding hydrogens is 305 g/mol. The molecule has 2 aromatic rings. The minimum Gasteiger partial charge on any atom is -0.396 e. The number of nitrogen functional groups attached to an aromatic ring is 1. The lowest BCUT2D eigenvalue weighted by Gasteiger charge is -2.12. The molecule has 0 aromatic heterocycles. The van der Waals surface area contributed by atoms with Gasteiger partial charge in [-0.05, 0) is 24.6 Å². The molecule has 3 N–H and O–H groups in total. The van der Waals surface area contributed by atoms with Gasteiger partial charge in [0.2, 0.25) is 0 Å². The molecular formula is C13H11F3N2O2S. The molecule has 0 saturated heterocycles. The largest absolute Gasteiger partial charge is 0.396 e. The predicted molar refractivity (Wildman–Crippen MR) is 72.7 cm³/mol. The van der Waals surface area contributed by atoms with E-state index in [4.69, 9.17) is 5.73 Å². The number of hydrogen-bond donors (Lipinski definition) is 2. The second-order valence-corrected chi connectivity index (χ2v) is 5.99. The first-order valence-corrected chi connectivity index (χ1v) is 7.23. The van der Waals surface area contributed by atoms with E-state index in [2.05, 4.69) is 0 Å². The van der Waals surface area contributed by atoms with Crippen molar-refractivity contribution in [2.75, 3.05) is 10.5 Å². The first-order chi connectivity index (χ1) is 9.72. The van der Waals surface area contributed by atoms with Crippen molar-refractivity contribution in [1.29, 1.82) is 0 Å². The lowest BCUT2D eigenvalue weighted by Crippen LogP contribution is -2.17. The van der Waals surface area contributed by atoms with Crippen LogP contribution < -0.4 is 10.5 Å².